The molecule has 3 aromatic rings. The van der Waals surface area contributed by atoms with Crippen LogP contribution in [0.4, 0.5) is 0 Å². The van der Waals surface area contributed by atoms with Gasteiger partial charge in [-0.25, -0.2) is 0 Å². The van der Waals surface area contributed by atoms with Gasteiger partial charge in [-0.05, 0) is 36.6 Å². The Morgan fingerprint density at radius 2 is 1.65 bits per heavy atom. The topological polar surface area (TPSA) is 3.88 Å². The SMILES string of the molecule is CCc1cc(-c2ccccc2C)[n+](C)c2ccccc12. The predicted molar refractivity (Wildman–Crippen MR) is 84.7 cm³/mol. The molecule has 0 N–H and O–H groups in total. The van der Waals surface area contributed by atoms with Crippen LogP contribution in [0.1, 0.15) is 18.1 Å². The average Bonchev–Trinajstić information content (AvgIpc) is 2.49. The fourth-order valence-electron chi connectivity index (χ4n) is 2.92. The van der Waals surface area contributed by atoms with Crippen molar-refractivity contribution < 1.29 is 4.57 Å². The van der Waals surface area contributed by atoms with E-state index in [1.165, 1.54) is 33.3 Å². The van der Waals surface area contributed by atoms with Crippen molar-refractivity contribution in [1.29, 1.82) is 0 Å². The number of fused-ring (bicyclic) bond motifs is 1. The largest absolute Gasteiger partial charge is 0.213 e. The molecule has 1 aromatic heterocycles. The first kappa shape index (κ1) is 12.9. The first-order valence-electron chi connectivity index (χ1n) is 7.19. The number of aryl methyl sites for hydroxylation is 3. The van der Waals surface area contributed by atoms with E-state index < -0.39 is 0 Å². The Morgan fingerprint density at radius 1 is 0.950 bits per heavy atom. The van der Waals surface area contributed by atoms with Crippen LogP contribution in [0.2, 0.25) is 0 Å². The monoisotopic (exact) mass is 262 g/mol. The molecule has 20 heavy (non-hydrogen) atoms. The van der Waals surface area contributed by atoms with Crippen LogP contribution in [-0.2, 0) is 13.5 Å². The normalized spacial score (nSPS) is 10.9. The van der Waals surface area contributed by atoms with Crippen molar-refractivity contribution in [1.82, 2.24) is 0 Å². The molecule has 0 aliphatic rings. The second kappa shape index (κ2) is 5.09. The molecular formula is C19H20N+. The second-order valence-electron chi connectivity index (χ2n) is 5.30. The smallest absolute Gasteiger partial charge is 0.194 e. The minimum absolute atomic E-state index is 1.06. The molecule has 0 atom stereocenters. The molecule has 0 saturated heterocycles. The maximum absolute atomic E-state index is 2.34. The van der Waals surface area contributed by atoms with Crippen LogP contribution in [0, 0.1) is 6.92 Å². The Morgan fingerprint density at radius 3 is 2.40 bits per heavy atom. The third-order valence-corrected chi connectivity index (χ3v) is 4.09. The van der Waals surface area contributed by atoms with E-state index in [-0.39, 0.29) is 0 Å². The van der Waals surface area contributed by atoms with Crippen molar-refractivity contribution in [3.63, 3.8) is 0 Å². The second-order valence-corrected chi connectivity index (χ2v) is 5.30. The minimum Gasteiger partial charge on any atom is -0.194 e. The Balaban J connectivity index is 2.38. The molecule has 1 heteroatoms. The van der Waals surface area contributed by atoms with Gasteiger partial charge in [0, 0.05) is 23.1 Å². The number of aromatic nitrogens is 1. The molecule has 1 heterocycles. The van der Waals surface area contributed by atoms with Gasteiger partial charge in [-0.15, -0.1) is 0 Å². The van der Waals surface area contributed by atoms with Gasteiger partial charge in [0.15, 0.2) is 0 Å². The van der Waals surface area contributed by atoms with Gasteiger partial charge in [0.2, 0.25) is 11.2 Å². The summed E-state index contributed by atoms with van der Waals surface area (Å²) in [5.41, 5.74) is 6.64. The quantitative estimate of drug-likeness (QED) is 0.609. The van der Waals surface area contributed by atoms with Gasteiger partial charge in [0.1, 0.15) is 7.05 Å². The van der Waals surface area contributed by atoms with Gasteiger partial charge in [0.05, 0.1) is 0 Å². The van der Waals surface area contributed by atoms with Crippen LogP contribution >= 0.6 is 0 Å². The summed E-state index contributed by atoms with van der Waals surface area (Å²) in [6.07, 6.45) is 1.06. The van der Waals surface area contributed by atoms with Gasteiger partial charge >= 0.3 is 0 Å². The van der Waals surface area contributed by atoms with E-state index in [1.807, 2.05) is 0 Å². The summed E-state index contributed by atoms with van der Waals surface area (Å²) in [5.74, 6) is 0. The Hall–Kier alpha value is -2.15. The molecule has 0 saturated carbocycles. The predicted octanol–water partition coefficient (Wildman–Crippen LogP) is 4.20. The number of pyridine rings is 1. The first-order chi connectivity index (χ1) is 9.72. The molecule has 0 bridgehead atoms. The van der Waals surface area contributed by atoms with Gasteiger partial charge in [-0.2, -0.15) is 4.57 Å². The Labute approximate surface area is 120 Å². The van der Waals surface area contributed by atoms with Gasteiger partial charge in [-0.3, -0.25) is 0 Å². The number of rotatable bonds is 2. The fourth-order valence-corrected chi connectivity index (χ4v) is 2.92. The molecule has 0 unspecified atom stereocenters. The van der Waals surface area contributed by atoms with Gasteiger partial charge < -0.3 is 0 Å². The number of hydrogen-bond donors (Lipinski definition) is 0. The molecule has 1 nitrogen and oxygen atoms in total. The van der Waals surface area contributed by atoms with E-state index >= 15 is 0 Å². The van der Waals surface area contributed by atoms with Crippen molar-refractivity contribution in [2.24, 2.45) is 7.05 Å². The molecule has 2 aromatic carbocycles. The van der Waals surface area contributed by atoms with Crippen molar-refractivity contribution >= 4 is 10.9 Å². The Bertz CT molecular complexity index is 772. The Kier molecular flexibility index (Phi) is 3.27. The van der Waals surface area contributed by atoms with E-state index in [0.717, 1.165) is 6.42 Å². The highest BCUT2D eigenvalue weighted by atomic mass is 14.9. The van der Waals surface area contributed by atoms with Crippen molar-refractivity contribution in [2.75, 3.05) is 0 Å². The third-order valence-electron chi connectivity index (χ3n) is 4.09. The number of benzene rings is 2. The third kappa shape index (κ3) is 2.00. The highest BCUT2D eigenvalue weighted by Crippen LogP contribution is 2.25. The van der Waals surface area contributed by atoms with Crippen LogP contribution < -0.4 is 4.57 Å². The van der Waals surface area contributed by atoms with E-state index in [4.69, 9.17) is 0 Å². The molecule has 0 spiro atoms. The molecule has 0 aliphatic heterocycles. The lowest BCUT2D eigenvalue weighted by Gasteiger charge is -2.09. The summed E-state index contributed by atoms with van der Waals surface area (Å²) in [5, 5.41) is 1.36. The molecule has 3 rings (SSSR count). The van der Waals surface area contributed by atoms with Crippen molar-refractivity contribution in [3.05, 3.63) is 65.7 Å². The molecular weight excluding hydrogens is 242 g/mol. The number of para-hydroxylation sites is 1. The average molecular weight is 262 g/mol. The zero-order valence-corrected chi connectivity index (χ0v) is 12.4. The summed E-state index contributed by atoms with van der Waals surface area (Å²) < 4.78 is 2.30. The van der Waals surface area contributed by atoms with E-state index in [2.05, 4.69) is 80.1 Å². The van der Waals surface area contributed by atoms with E-state index in [9.17, 15) is 0 Å². The van der Waals surface area contributed by atoms with Crippen LogP contribution in [0.15, 0.2) is 54.6 Å². The highest BCUT2D eigenvalue weighted by Gasteiger charge is 2.17. The lowest BCUT2D eigenvalue weighted by molar-refractivity contribution is -0.633. The van der Waals surface area contributed by atoms with Gasteiger partial charge in [-0.1, -0.05) is 37.3 Å². The summed E-state index contributed by atoms with van der Waals surface area (Å²) in [6, 6.07) is 19.6. The zero-order valence-electron chi connectivity index (χ0n) is 12.4. The molecule has 0 radical (unpaired) electrons. The van der Waals surface area contributed by atoms with Crippen molar-refractivity contribution in [3.8, 4) is 11.3 Å². The lowest BCUT2D eigenvalue weighted by Crippen LogP contribution is -2.32. The van der Waals surface area contributed by atoms with E-state index in [1.54, 1.807) is 0 Å². The van der Waals surface area contributed by atoms with Crippen LogP contribution in [0.3, 0.4) is 0 Å². The summed E-state index contributed by atoms with van der Waals surface area (Å²) in [7, 11) is 2.16. The molecule has 0 fully saturated rings. The summed E-state index contributed by atoms with van der Waals surface area (Å²) in [4.78, 5) is 0. The molecule has 100 valence electrons. The lowest BCUT2D eigenvalue weighted by atomic mass is 9.99. The minimum atomic E-state index is 1.06. The van der Waals surface area contributed by atoms with Crippen LogP contribution in [0.25, 0.3) is 22.2 Å². The summed E-state index contributed by atoms with van der Waals surface area (Å²) in [6.45, 7) is 4.40. The standard InChI is InChI=1S/C19H20N/c1-4-15-13-19(16-10-6-5-9-14(16)2)20(3)18-12-8-7-11-17(15)18/h5-13H,4H2,1-3H3/q+1. The highest BCUT2D eigenvalue weighted by molar-refractivity contribution is 5.81. The van der Waals surface area contributed by atoms with Crippen LogP contribution in [-0.4, -0.2) is 0 Å². The first-order valence-corrected chi connectivity index (χ1v) is 7.19. The van der Waals surface area contributed by atoms with Gasteiger partial charge in [0.25, 0.3) is 0 Å². The number of hydrogen-bond acceptors (Lipinski definition) is 0. The zero-order chi connectivity index (χ0) is 14.1. The summed E-state index contributed by atoms with van der Waals surface area (Å²) >= 11 is 0. The van der Waals surface area contributed by atoms with Crippen molar-refractivity contribution in [2.45, 2.75) is 20.3 Å². The fraction of sp³-hybridized carbons (Fsp3) is 0.211. The molecule has 0 aliphatic carbocycles. The maximum Gasteiger partial charge on any atom is 0.213 e. The van der Waals surface area contributed by atoms with Crippen LogP contribution in [0.5, 0.6) is 0 Å². The molecule has 0 amide bonds. The number of nitrogens with zero attached hydrogens (tertiary/aromatic N) is 1. The maximum atomic E-state index is 2.34. The van der Waals surface area contributed by atoms with E-state index in [0.29, 0.717) is 0 Å².